The summed E-state index contributed by atoms with van der Waals surface area (Å²) in [5, 5.41) is 119. The molecule has 0 aromatic carbocycles. The Morgan fingerprint density at radius 1 is 0.479 bits per heavy atom. The van der Waals surface area contributed by atoms with Crippen LogP contribution >= 0.6 is 0 Å². The van der Waals surface area contributed by atoms with E-state index in [1.54, 1.807) is 6.08 Å². The van der Waals surface area contributed by atoms with E-state index in [4.69, 9.17) is 28.4 Å². The van der Waals surface area contributed by atoms with E-state index in [-0.39, 0.29) is 18.9 Å². The molecule has 0 aliphatic carbocycles. The van der Waals surface area contributed by atoms with Gasteiger partial charge in [-0.25, -0.2) is 0 Å². The van der Waals surface area contributed by atoms with Gasteiger partial charge in [0.15, 0.2) is 18.9 Å². The van der Waals surface area contributed by atoms with Crippen molar-refractivity contribution in [2.24, 2.45) is 0 Å². The molecule has 0 saturated carbocycles. The highest BCUT2D eigenvalue weighted by molar-refractivity contribution is 5.76. The second-order valence-corrected chi connectivity index (χ2v) is 20.1. The summed E-state index contributed by atoms with van der Waals surface area (Å²) in [6.45, 7) is 2.18. The first kappa shape index (κ1) is 63.8. The number of unbranched alkanes of at least 4 members (excludes halogenated alkanes) is 23. The van der Waals surface area contributed by atoms with E-state index in [1.807, 2.05) is 6.08 Å². The highest BCUT2D eigenvalue weighted by Gasteiger charge is 2.49. The first-order chi connectivity index (χ1) is 34.2. The second kappa shape index (κ2) is 37.3. The summed E-state index contributed by atoms with van der Waals surface area (Å²) in [7, 11) is 0. The van der Waals surface area contributed by atoms with Gasteiger partial charge in [-0.05, 0) is 19.3 Å². The molecule has 19 heteroatoms. The number of hydrogen-bond donors (Lipinski definition) is 12. The first-order valence-electron chi connectivity index (χ1n) is 27.4. The average Bonchev–Trinajstić information content (AvgIpc) is 3.36. The molecule has 0 radical (unpaired) electrons. The van der Waals surface area contributed by atoms with E-state index in [1.165, 1.54) is 109 Å². The Morgan fingerprint density at radius 3 is 1.24 bits per heavy atom. The molecule has 19 nitrogen and oxygen atoms in total. The van der Waals surface area contributed by atoms with Crippen molar-refractivity contribution in [3.63, 3.8) is 0 Å². The Morgan fingerprint density at radius 2 is 0.831 bits per heavy atom. The normalized spacial score (nSPS) is 32.3. The molecule has 3 fully saturated rings. The van der Waals surface area contributed by atoms with Crippen LogP contribution in [0.5, 0.6) is 0 Å². The fraction of sp³-hybridized carbons (Fsp3) is 0.942. The van der Waals surface area contributed by atoms with E-state index < -0.39 is 124 Å². The number of carbonyl (C=O) groups is 1. The minimum atomic E-state index is -1.85. The summed E-state index contributed by atoms with van der Waals surface area (Å²) in [5.74, 6) is -0.276. The Kier molecular flexibility index (Phi) is 33.5. The molecule has 3 aliphatic heterocycles. The van der Waals surface area contributed by atoms with Crippen molar-refractivity contribution in [1.29, 1.82) is 0 Å². The van der Waals surface area contributed by atoms with Crippen molar-refractivity contribution in [3.05, 3.63) is 12.2 Å². The van der Waals surface area contributed by atoms with Crippen molar-refractivity contribution in [1.82, 2.24) is 5.32 Å². The number of rotatable bonds is 39. The maximum Gasteiger partial charge on any atom is 0.220 e. The molecule has 71 heavy (non-hydrogen) atoms. The molecule has 12 N–H and O–H groups in total. The maximum atomic E-state index is 13.2. The lowest BCUT2D eigenvalue weighted by atomic mass is 9.98. The topological polar surface area (TPSA) is 307 Å². The summed E-state index contributed by atoms with van der Waals surface area (Å²) in [4.78, 5) is 13.2. The van der Waals surface area contributed by atoms with Gasteiger partial charge in [-0.2, -0.15) is 0 Å². The van der Waals surface area contributed by atoms with Crippen LogP contribution < -0.4 is 5.32 Å². The lowest BCUT2D eigenvalue weighted by Gasteiger charge is -2.44. The van der Waals surface area contributed by atoms with E-state index in [0.717, 1.165) is 44.9 Å². The quantitative estimate of drug-likeness (QED) is 0.0311. The van der Waals surface area contributed by atoms with Crippen LogP contribution in [-0.4, -0.2) is 193 Å². The molecule has 3 aliphatic rings. The number of aliphatic hydroxyl groups excluding tert-OH is 11. The Labute approximate surface area is 423 Å². The molecule has 0 bridgehead atoms. The van der Waals surface area contributed by atoms with Gasteiger partial charge in [0.2, 0.25) is 5.91 Å². The molecule has 17 atom stereocenters. The van der Waals surface area contributed by atoms with Crippen molar-refractivity contribution in [3.8, 4) is 0 Å². The smallest absolute Gasteiger partial charge is 0.220 e. The molecule has 3 rings (SSSR count). The zero-order valence-corrected chi connectivity index (χ0v) is 43.0. The van der Waals surface area contributed by atoms with Gasteiger partial charge in [0.1, 0.15) is 73.2 Å². The predicted octanol–water partition coefficient (Wildman–Crippen LogP) is 3.04. The predicted molar refractivity (Wildman–Crippen MR) is 263 cm³/mol. The van der Waals surface area contributed by atoms with Crippen molar-refractivity contribution < 1.29 is 89.4 Å². The third-order valence-corrected chi connectivity index (χ3v) is 14.0. The minimum Gasteiger partial charge on any atom is -0.394 e. The van der Waals surface area contributed by atoms with E-state index in [0.29, 0.717) is 6.42 Å². The largest absolute Gasteiger partial charge is 0.394 e. The lowest BCUT2D eigenvalue weighted by Crippen LogP contribution is -2.63. The van der Waals surface area contributed by atoms with Crippen LogP contribution in [0.3, 0.4) is 0 Å². The van der Waals surface area contributed by atoms with E-state index in [2.05, 4.69) is 19.2 Å². The van der Waals surface area contributed by atoms with Gasteiger partial charge in [0.25, 0.3) is 0 Å². The number of nitrogens with one attached hydrogen (secondary N) is 1. The van der Waals surface area contributed by atoms with Gasteiger partial charge in [0, 0.05) is 6.42 Å². The summed E-state index contributed by atoms with van der Waals surface area (Å²) in [6.07, 6.45) is 7.04. The van der Waals surface area contributed by atoms with E-state index >= 15 is 0 Å². The molecule has 3 saturated heterocycles. The van der Waals surface area contributed by atoms with Crippen LogP contribution in [0.25, 0.3) is 0 Å². The van der Waals surface area contributed by atoms with Crippen molar-refractivity contribution in [2.75, 3.05) is 26.4 Å². The lowest BCUT2D eigenvalue weighted by molar-refractivity contribution is -0.342. The standard InChI is InChI=1S/C52H97NO18/c1-3-5-7-9-11-13-15-17-19-21-23-25-27-29-36(55)35(53-40(56)30-28-26-24-22-20-18-16-14-12-10-8-6-4-2)32-66-50-48(64)45(61)42(58)38(70-50)34-68-52-49(65)46(62)43(59)39(71-52)33-67-51-47(63)44(60)41(57)37(31-54)69-51/h27,29,35-39,41-52,54-55,57-65H,3-26,28,30-34H2,1-2H3,(H,53,56)/b29-27+/t35-,36+,37+,38+,39+,41-,42-,43-,44-,45-,46-,47+,48+,49+,50+,51-,52+/m0/s1. The Bertz CT molecular complexity index is 1370. The molecule has 3 heterocycles. The van der Waals surface area contributed by atoms with Crippen LogP contribution in [-0.2, 0) is 33.2 Å². The van der Waals surface area contributed by atoms with Gasteiger partial charge in [-0.1, -0.05) is 167 Å². The van der Waals surface area contributed by atoms with Gasteiger partial charge < -0.3 is 89.9 Å². The van der Waals surface area contributed by atoms with Gasteiger partial charge in [-0.15, -0.1) is 0 Å². The number of hydrogen-bond acceptors (Lipinski definition) is 18. The number of aliphatic hydroxyl groups is 11. The third-order valence-electron chi connectivity index (χ3n) is 14.0. The fourth-order valence-corrected chi connectivity index (χ4v) is 9.27. The first-order valence-corrected chi connectivity index (χ1v) is 27.4. The zero-order valence-electron chi connectivity index (χ0n) is 43.0. The molecule has 418 valence electrons. The molecular formula is C52H97NO18. The number of allylic oxidation sites excluding steroid dienone is 1. The summed E-state index contributed by atoms with van der Waals surface area (Å²) in [6, 6.07) is -0.964. The third kappa shape index (κ3) is 23.5. The van der Waals surface area contributed by atoms with Gasteiger partial charge in [0.05, 0.1) is 38.6 Å². The Balaban J connectivity index is 1.53. The van der Waals surface area contributed by atoms with Gasteiger partial charge in [-0.3, -0.25) is 4.79 Å². The van der Waals surface area contributed by atoms with Crippen LogP contribution in [0.4, 0.5) is 0 Å². The van der Waals surface area contributed by atoms with Crippen LogP contribution in [0.2, 0.25) is 0 Å². The summed E-state index contributed by atoms with van der Waals surface area (Å²) < 4.78 is 33.8. The number of ether oxygens (including phenoxy) is 6. The molecule has 0 unspecified atom stereocenters. The molecule has 0 aromatic rings. The SMILES string of the molecule is CCCCCCCCCCCCC/C=C/[C@@H](O)[C@H](CO[C@@H]1O[C@H](CO[C@@H]2O[C@H](CO[C@H]3O[C@H](CO)[C@H](O)[C@H](O)[C@H]3O)[C@H](O)[C@H](O)[C@H]2O)[C@H](O)[C@H](O)[C@H]1O)NC(=O)CCCCCCCCCCCCCCC. The molecule has 0 aromatic heterocycles. The minimum absolute atomic E-state index is 0.248. The van der Waals surface area contributed by atoms with Crippen molar-refractivity contribution in [2.45, 2.75) is 285 Å². The second-order valence-electron chi connectivity index (χ2n) is 20.1. The zero-order chi connectivity index (χ0) is 52.0. The maximum absolute atomic E-state index is 13.2. The highest BCUT2D eigenvalue weighted by Crippen LogP contribution is 2.28. The van der Waals surface area contributed by atoms with Crippen LogP contribution in [0, 0.1) is 0 Å². The number of carbonyl (C=O) groups excluding carboxylic acids is 1. The molecule has 0 spiro atoms. The Hall–Kier alpha value is -1.47. The summed E-state index contributed by atoms with van der Waals surface area (Å²) >= 11 is 0. The molecular weight excluding hydrogens is 927 g/mol. The molecule has 1 amide bonds. The monoisotopic (exact) mass is 1020 g/mol. The van der Waals surface area contributed by atoms with Crippen LogP contribution in [0.1, 0.15) is 181 Å². The van der Waals surface area contributed by atoms with E-state index in [9.17, 15) is 61.0 Å². The van der Waals surface area contributed by atoms with Crippen LogP contribution in [0.15, 0.2) is 12.2 Å². The van der Waals surface area contributed by atoms with Gasteiger partial charge >= 0.3 is 0 Å². The average molecular weight is 1020 g/mol. The fourth-order valence-electron chi connectivity index (χ4n) is 9.27. The number of amides is 1. The van der Waals surface area contributed by atoms with Crippen molar-refractivity contribution >= 4 is 5.91 Å². The highest BCUT2D eigenvalue weighted by atomic mass is 16.7. The summed E-state index contributed by atoms with van der Waals surface area (Å²) in [5.41, 5.74) is 0.